The van der Waals surface area contributed by atoms with Gasteiger partial charge in [-0.25, -0.2) is 0 Å². The molecule has 0 radical (unpaired) electrons. The molecule has 1 heterocycles. The first-order chi connectivity index (χ1) is 14.2. The van der Waals surface area contributed by atoms with Crippen LogP contribution in [0.3, 0.4) is 0 Å². The molecule has 2 aromatic rings. The SMILES string of the molecule is CC(=O)c1ccc(C)c(Nc2nc(NCC3(N)CCCCC3)[nH]c(=O)c2C(N)=O)c1. The minimum Gasteiger partial charge on any atom is -0.365 e. The molecular weight excluding hydrogens is 384 g/mol. The van der Waals surface area contributed by atoms with Gasteiger partial charge in [-0.3, -0.25) is 19.4 Å². The smallest absolute Gasteiger partial charge is 0.267 e. The Morgan fingerprint density at radius 3 is 2.57 bits per heavy atom. The number of rotatable bonds is 7. The van der Waals surface area contributed by atoms with Crippen molar-refractivity contribution in [3.8, 4) is 0 Å². The number of amides is 1. The quantitative estimate of drug-likeness (QED) is 0.436. The van der Waals surface area contributed by atoms with Crippen LogP contribution in [-0.4, -0.2) is 33.7 Å². The summed E-state index contributed by atoms with van der Waals surface area (Å²) < 4.78 is 0. The Labute approximate surface area is 174 Å². The number of nitrogens with one attached hydrogen (secondary N) is 3. The summed E-state index contributed by atoms with van der Waals surface area (Å²) in [7, 11) is 0. The fourth-order valence-electron chi connectivity index (χ4n) is 3.67. The van der Waals surface area contributed by atoms with Crippen molar-refractivity contribution in [2.45, 2.75) is 51.5 Å². The van der Waals surface area contributed by atoms with Crippen molar-refractivity contribution >= 4 is 29.1 Å². The van der Waals surface area contributed by atoms with Gasteiger partial charge in [-0.1, -0.05) is 31.4 Å². The van der Waals surface area contributed by atoms with Gasteiger partial charge in [-0.15, -0.1) is 0 Å². The molecular formula is C21H28N6O3. The lowest BCUT2D eigenvalue weighted by atomic mass is 9.82. The average molecular weight is 412 g/mol. The monoisotopic (exact) mass is 412 g/mol. The third-order valence-electron chi connectivity index (χ3n) is 5.52. The highest BCUT2D eigenvalue weighted by Crippen LogP contribution is 2.26. The maximum absolute atomic E-state index is 12.5. The van der Waals surface area contributed by atoms with Gasteiger partial charge in [0.25, 0.3) is 11.5 Å². The van der Waals surface area contributed by atoms with Gasteiger partial charge in [0.05, 0.1) is 0 Å². The van der Waals surface area contributed by atoms with Gasteiger partial charge >= 0.3 is 0 Å². The second kappa shape index (κ2) is 8.66. The van der Waals surface area contributed by atoms with E-state index in [1.807, 2.05) is 6.92 Å². The minimum absolute atomic E-state index is 0.0206. The molecule has 160 valence electrons. The maximum atomic E-state index is 12.5. The van der Waals surface area contributed by atoms with Crippen LogP contribution in [0.25, 0.3) is 0 Å². The number of hydrogen-bond acceptors (Lipinski definition) is 7. The number of carbonyl (C=O) groups excluding carboxylic acids is 2. The number of H-pyrrole nitrogens is 1. The van der Waals surface area contributed by atoms with Crippen molar-refractivity contribution in [1.82, 2.24) is 9.97 Å². The van der Waals surface area contributed by atoms with Gasteiger partial charge in [-0.05, 0) is 38.3 Å². The van der Waals surface area contributed by atoms with Crippen molar-refractivity contribution in [3.05, 3.63) is 45.2 Å². The van der Waals surface area contributed by atoms with Gasteiger partial charge in [-0.2, -0.15) is 4.98 Å². The molecule has 30 heavy (non-hydrogen) atoms. The van der Waals surface area contributed by atoms with E-state index in [-0.39, 0.29) is 28.7 Å². The van der Waals surface area contributed by atoms with E-state index in [0.717, 1.165) is 31.2 Å². The molecule has 0 unspecified atom stereocenters. The fraction of sp³-hybridized carbons (Fsp3) is 0.429. The highest BCUT2D eigenvalue weighted by molar-refractivity contribution is 5.99. The van der Waals surface area contributed by atoms with Gasteiger partial charge in [0.1, 0.15) is 5.56 Å². The second-order valence-electron chi connectivity index (χ2n) is 7.99. The second-order valence-corrected chi connectivity index (χ2v) is 7.99. The molecule has 1 aromatic heterocycles. The number of ketones is 1. The highest BCUT2D eigenvalue weighted by atomic mass is 16.2. The number of anilines is 3. The summed E-state index contributed by atoms with van der Waals surface area (Å²) in [5.74, 6) is -0.786. The van der Waals surface area contributed by atoms with E-state index in [1.165, 1.54) is 13.3 Å². The summed E-state index contributed by atoms with van der Waals surface area (Å²) in [4.78, 5) is 43.0. The number of benzene rings is 1. The van der Waals surface area contributed by atoms with Crippen molar-refractivity contribution in [2.75, 3.05) is 17.2 Å². The first-order valence-electron chi connectivity index (χ1n) is 10.0. The lowest BCUT2D eigenvalue weighted by Gasteiger charge is -2.33. The van der Waals surface area contributed by atoms with E-state index in [2.05, 4.69) is 20.6 Å². The molecule has 9 nitrogen and oxygen atoms in total. The number of primary amides is 1. The van der Waals surface area contributed by atoms with Crippen LogP contribution >= 0.6 is 0 Å². The average Bonchev–Trinajstić information content (AvgIpc) is 2.68. The van der Waals surface area contributed by atoms with Crippen LogP contribution in [0.2, 0.25) is 0 Å². The number of carbonyl (C=O) groups is 2. The summed E-state index contributed by atoms with van der Waals surface area (Å²) in [5.41, 5.74) is 12.4. The van der Waals surface area contributed by atoms with Crippen LogP contribution < -0.4 is 27.7 Å². The van der Waals surface area contributed by atoms with E-state index in [9.17, 15) is 14.4 Å². The Kier molecular flexibility index (Phi) is 6.21. The molecule has 0 atom stereocenters. The Balaban J connectivity index is 1.92. The lowest BCUT2D eigenvalue weighted by Crippen LogP contribution is -2.48. The molecule has 0 saturated heterocycles. The zero-order chi connectivity index (χ0) is 21.9. The molecule has 9 heteroatoms. The van der Waals surface area contributed by atoms with Gasteiger partial charge < -0.3 is 22.1 Å². The van der Waals surface area contributed by atoms with E-state index < -0.39 is 11.5 Å². The summed E-state index contributed by atoms with van der Waals surface area (Å²) in [5, 5.41) is 6.09. The Morgan fingerprint density at radius 2 is 1.93 bits per heavy atom. The molecule has 1 aliphatic rings. The molecule has 1 fully saturated rings. The predicted octanol–water partition coefficient (Wildman–Crippen LogP) is 2.20. The molecule has 0 aliphatic heterocycles. The molecule has 7 N–H and O–H groups in total. The van der Waals surface area contributed by atoms with Crippen LogP contribution in [0.5, 0.6) is 0 Å². The number of Topliss-reactive ketones (excluding diaryl/α,β-unsaturated/α-hetero) is 1. The number of aryl methyl sites for hydroxylation is 1. The summed E-state index contributed by atoms with van der Waals surface area (Å²) in [6.07, 6.45) is 5.11. The maximum Gasteiger partial charge on any atom is 0.267 e. The number of nitrogens with zero attached hydrogens (tertiary/aromatic N) is 1. The van der Waals surface area contributed by atoms with Crippen LogP contribution in [0, 0.1) is 6.92 Å². The topological polar surface area (TPSA) is 156 Å². The van der Waals surface area contributed by atoms with Gasteiger partial charge in [0, 0.05) is 23.3 Å². The number of aromatic amines is 1. The highest BCUT2D eigenvalue weighted by Gasteiger charge is 2.27. The number of nitrogens with two attached hydrogens (primary N) is 2. The normalized spacial score (nSPS) is 15.4. The van der Waals surface area contributed by atoms with E-state index >= 15 is 0 Å². The molecule has 3 rings (SSSR count). The standard InChI is InChI=1S/C21H28N6O3/c1-12-6-7-14(13(2)28)10-15(12)25-18-16(17(22)29)19(30)27-20(26-18)24-11-21(23)8-4-3-5-9-21/h6-7,10H,3-5,8-9,11,23H2,1-2H3,(H2,22,29)(H3,24,25,26,27,30). The first-order valence-corrected chi connectivity index (χ1v) is 10.0. The molecule has 1 saturated carbocycles. The molecule has 0 bridgehead atoms. The van der Waals surface area contributed by atoms with Crippen molar-refractivity contribution < 1.29 is 9.59 Å². The molecule has 0 spiro atoms. The number of hydrogen-bond donors (Lipinski definition) is 5. The molecule has 1 aliphatic carbocycles. The third-order valence-corrected chi connectivity index (χ3v) is 5.52. The first kappa shape index (κ1) is 21.5. The predicted molar refractivity (Wildman–Crippen MR) is 116 cm³/mol. The molecule has 1 amide bonds. The van der Waals surface area contributed by atoms with Crippen molar-refractivity contribution in [1.29, 1.82) is 0 Å². The lowest BCUT2D eigenvalue weighted by molar-refractivity contribution is 0.0995. The van der Waals surface area contributed by atoms with Crippen molar-refractivity contribution in [2.24, 2.45) is 11.5 Å². The van der Waals surface area contributed by atoms with E-state index in [0.29, 0.717) is 17.8 Å². The van der Waals surface area contributed by atoms with Gasteiger partial charge in [0.15, 0.2) is 11.6 Å². The van der Waals surface area contributed by atoms with Crippen LogP contribution in [0.1, 0.15) is 65.3 Å². The summed E-state index contributed by atoms with van der Waals surface area (Å²) in [6, 6.07) is 5.13. The van der Waals surface area contributed by atoms with E-state index in [4.69, 9.17) is 11.5 Å². The van der Waals surface area contributed by atoms with Gasteiger partial charge in [0.2, 0.25) is 5.95 Å². The van der Waals surface area contributed by atoms with E-state index in [1.54, 1.807) is 18.2 Å². The van der Waals surface area contributed by atoms with Crippen LogP contribution in [0.15, 0.2) is 23.0 Å². The summed E-state index contributed by atoms with van der Waals surface area (Å²) in [6.45, 7) is 3.75. The Bertz CT molecular complexity index is 1020. The Morgan fingerprint density at radius 1 is 1.23 bits per heavy atom. The third kappa shape index (κ3) is 4.85. The number of aromatic nitrogens is 2. The summed E-state index contributed by atoms with van der Waals surface area (Å²) >= 11 is 0. The Hall–Kier alpha value is -3.20. The zero-order valence-electron chi connectivity index (χ0n) is 17.3. The van der Waals surface area contributed by atoms with Crippen LogP contribution in [-0.2, 0) is 0 Å². The fourth-order valence-corrected chi connectivity index (χ4v) is 3.67. The van der Waals surface area contributed by atoms with Crippen molar-refractivity contribution in [3.63, 3.8) is 0 Å². The largest absolute Gasteiger partial charge is 0.365 e. The molecule has 1 aromatic carbocycles. The minimum atomic E-state index is -0.902. The zero-order valence-corrected chi connectivity index (χ0v) is 17.3. The van der Waals surface area contributed by atoms with Crippen LogP contribution in [0.4, 0.5) is 17.5 Å².